The molecule has 3 rings (SSSR count). The summed E-state index contributed by atoms with van der Waals surface area (Å²) in [5.41, 5.74) is 0.560. The van der Waals surface area contributed by atoms with E-state index in [0.29, 0.717) is 17.2 Å². The number of aryl methyl sites for hydroxylation is 1. The Morgan fingerprint density at radius 1 is 1.32 bits per heavy atom. The van der Waals surface area contributed by atoms with Crippen LogP contribution in [0.2, 0.25) is 0 Å². The van der Waals surface area contributed by atoms with Gasteiger partial charge in [-0.15, -0.1) is 0 Å². The molecule has 1 atom stereocenters. The molecule has 122 valence electrons. The summed E-state index contributed by atoms with van der Waals surface area (Å²) in [7, 11) is -1.08. The molecule has 1 N–H and O–H groups in total. The molecule has 8 heteroatoms. The maximum atomic E-state index is 12.2. The minimum absolute atomic E-state index is 0.0955. The third kappa shape index (κ3) is 3.33. The van der Waals surface area contributed by atoms with Crippen LogP contribution in [0.15, 0.2) is 12.3 Å². The number of hydrogen-bond donors (Lipinski definition) is 1. The molecule has 1 amide bonds. The number of sulfone groups is 1. The zero-order valence-electron chi connectivity index (χ0n) is 12.7. The van der Waals surface area contributed by atoms with Crippen LogP contribution in [-0.4, -0.2) is 65.7 Å². The van der Waals surface area contributed by atoms with Crippen molar-refractivity contribution in [3.05, 3.63) is 18.0 Å². The van der Waals surface area contributed by atoms with Crippen molar-refractivity contribution in [3.8, 4) is 0 Å². The molecule has 0 radical (unpaired) electrons. The molecular formula is C14H22N4O3S. The van der Waals surface area contributed by atoms with Crippen LogP contribution in [0.25, 0.3) is 0 Å². The number of carbonyl (C=O) groups excluding carboxylic acids is 1. The molecule has 22 heavy (non-hydrogen) atoms. The predicted octanol–water partition coefficient (Wildman–Crippen LogP) is -0.199. The Balaban J connectivity index is 1.50. The molecule has 1 aromatic rings. The van der Waals surface area contributed by atoms with Gasteiger partial charge in [-0.3, -0.25) is 14.4 Å². The van der Waals surface area contributed by atoms with Crippen molar-refractivity contribution >= 4 is 15.7 Å². The molecule has 1 aromatic heterocycles. The van der Waals surface area contributed by atoms with Crippen LogP contribution < -0.4 is 5.32 Å². The van der Waals surface area contributed by atoms with E-state index in [1.807, 2.05) is 0 Å². The number of amides is 1. The van der Waals surface area contributed by atoms with Crippen molar-refractivity contribution in [2.24, 2.45) is 7.05 Å². The fraction of sp³-hybridized carbons (Fsp3) is 0.714. The fourth-order valence-corrected chi connectivity index (χ4v) is 5.09. The minimum atomic E-state index is -2.83. The van der Waals surface area contributed by atoms with Gasteiger partial charge in [0.25, 0.3) is 5.91 Å². The van der Waals surface area contributed by atoms with Gasteiger partial charge in [-0.1, -0.05) is 0 Å². The van der Waals surface area contributed by atoms with Crippen molar-refractivity contribution < 1.29 is 13.2 Å². The molecule has 2 saturated heterocycles. The van der Waals surface area contributed by atoms with E-state index in [-0.39, 0.29) is 18.0 Å². The first-order chi connectivity index (χ1) is 10.4. The molecule has 3 heterocycles. The minimum Gasteiger partial charge on any atom is -0.348 e. The van der Waals surface area contributed by atoms with Crippen LogP contribution in [-0.2, 0) is 16.9 Å². The largest absolute Gasteiger partial charge is 0.348 e. The molecule has 0 aliphatic carbocycles. The van der Waals surface area contributed by atoms with E-state index in [0.717, 1.165) is 32.4 Å². The summed E-state index contributed by atoms with van der Waals surface area (Å²) in [5.74, 6) is 0.510. The van der Waals surface area contributed by atoms with Gasteiger partial charge in [0.15, 0.2) is 9.84 Å². The van der Waals surface area contributed by atoms with Gasteiger partial charge in [-0.2, -0.15) is 5.10 Å². The molecule has 2 aliphatic rings. The van der Waals surface area contributed by atoms with Crippen molar-refractivity contribution in [3.63, 3.8) is 0 Å². The molecule has 0 spiro atoms. The lowest BCUT2D eigenvalue weighted by atomic mass is 10.0. The van der Waals surface area contributed by atoms with E-state index in [4.69, 9.17) is 0 Å². The van der Waals surface area contributed by atoms with E-state index < -0.39 is 9.84 Å². The van der Waals surface area contributed by atoms with Gasteiger partial charge in [0.1, 0.15) is 5.69 Å². The average molecular weight is 326 g/mol. The number of nitrogens with one attached hydrogen (secondary N) is 1. The predicted molar refractivity (Wildman–Crippen MR) is 82.3 cm³/mol. The van der Waals surface area contributed by atoms with Crippen LogP contribution in [0.3, 0.4) is 0 Å². The number of nitrogens with zero attached hydrogens (tertiary/aromatic N) is 3. The highest BCUT2D eigenvalue weighted by molar-refractivity contribution is 7.91. The van der Waals surface area contributed by atoms with Crippen LogP contribution in [0.1, 0.15) is 29.8 Å². The van der Waals surface area contributed by atoms with E-state index in [1.54, 1.807) is 24.0 Å². The highest BCUT2D eigenvalue weighted by Gasteiger charge is 2.34. The second-order valence-corrected chi connectivity index (χ2v) is 8.41. The highest BCUT2D eigenvalue weighted by Crippen LogP contribution is 2.22. The Labute approximate surface area is 130 Å². The maximum absolute atomic E-state index is 12.2. The number of carbonyl (C=O) groups is 1. The quantitative estimate of drug-likeness (QED) is 0.832. The molecular weight excluding hydrogens is 304 g/mol. The monoisotopic (exact) mass is 326 g/mol. The average Bonchev–Trinajstić information content (AvgIpc) is 3.05. The number of hydrogen-bond acceptors (Lipinski definition) is 5. The fourth-order valence-electron chi connectivity index (χ4n) is 3.33. The van der Waals surface area contributed by atoms with Crippen LogP contribution in [0.5, 0.6) is 0 Å². The summed E-state index contributed by atoms with van der Waals surface area (Å²) in [4.78, 5) is 14.4. The number of piperidine rings is 1. The Morgan fingerprint density at radius 3 is 2.59 bits per heavy atom. The standard InChI is InChI=1S/C14H22N4O3S/c1-17-13(2-6-15-17)14(19)16-11-3-7-18(8-4-11)12-5-9-22(20,21)10-12/h2,6,11-12H,3-5,7-10H2,1H3,(H,16,19). The van der Waals surface area contributed by atoms with Crippen LogP contribution in [0, 0.1) is 0 Å². The van der Waals surface area contributed by atoms with Gasteiger partial charge in [0.2, 0.25) is 0 Å². The van der Waals surface area contributed by atoms with E-state index in [2.05, 4.69) is 15.3 Å². The summed E-state index contributed by atoms with van der Waals surface area (Å²) in [6.07, 6.45) is 4.08. The molecule has 0 saturated carbocycles. The van der Waals surface area contributed by atoms with Crippen molar-refractivity contribution in [2.75, 3.05) is 24.6 Å². The third-order valence-corrected chi connectivity index (χ3v) is 6.39. The second-order valence-electron chi connectivity index (χ2n) is 6.18. The Bertz CT molecular complexity index is 647. The molecule has 0 aromatic carbocycles. The van der Waals surface area contributed by atoms with Gasteiger partial charge in [-0.05, 0) is 25.3 Å². The van der Waals surface area contributed by atoms with Crippen LogP contribution in [0.4, 0.5) is 0 Å². The summed E-state index contributed by atoms with van der Waals surface area (Å²) >= 11 is 0. The molecule has 2 fully saturated rings. The SMILES string of the molecule is Cn1nccc1C(=O)NC1CCN(C2CCS(=O)(=O)C2)CC1. The van der Waals surface area contributed by atoms with Gasteiger partial charge >= 0.3 is 0 Å². The summed E-state index contributed by atoms with van der Waals surface area (Å²) < 4.78 is 24.7. The van der Waals surface area contributed by atoms with Crippen molar-refractivity contribution in [2.45, 2.75) is 31.3 Å². The number of likely N-dealkylation sites (tertiary alicyclic amines) is 1. The van der Waals surface area contributed by atoms with E-state index in [1.165, 1.54) is 0 Å². The van der Waals surface area contributed by atoms with Gasteiger partial charge in [0, 0.05) is 38.4 Å². The Hall–Kier alpha value is -1.41. The lowest BCUT2D eigenvalue weighted by Gasteiger charge is -2.35. The Kier molecular flexibility index (Phi) is 4.22. The van der Waals surface area contributed by atoms with Crippen molar-refractivity contribution in [1.29, 1.82) is 0 Å². The van der Waals surface area contributed by atoms with Crippen molar-refractivity contribution in [1.82, 2.24) is 20.0 Å². The molecule has 2 aliphatic heterocycles. The zero-order valence-corrected chi connectivity index (χ0v) is 13.6. The maximum Gasteiger partial charge on any atom is 0.269 e. The normalized spacial score (nSPS) is 26.1. The first kappa shape index (κ1) is 15.5. The highest BCUT2D eigenvalue weighted by atomic mass is 32.2. The Morgan fingerprint density at radius 2 is 2.05 bits per heavy atom. The summed E-state index contributed by atoms with van der Waals surface area (Å²) in [6, 6.07) is 2.02. The second kappa shape index (κ2) is 6.00. The molecule has 1 unspecified atom stereocenters. The van der Waals surface area contributed by atoms with Gasteiger partial charge in [0.05, 0.1) is 11.5 Å². The number of rotatable bonds is 3. The zero-order chi connectivity index (χ0) is 15.7. The lowest BCUT2D eigenvalue weighted by Crippen LogP contribution is -2.48. The third-order valence-electron chi connectivity index (χ3n) is 4.64. The number of aromatic nitrogens is 2. The first-order valence-corrected chi connectivity index (χ1v) is 9.50. The summed E-state index contributed by atoms with van der Waals surface area (Å²) in [6.45, 7) is 1.69. The summed E-state index contributed by atoms with van der Waals surface area (Å²) in [5, 5.41) is 7.04. The molecule has 0 bridgehead atoms. The van der Waals surface area contributed by atoms with Crippen LogP contribution >= 0.6 is 0 Å². The topological polar surface area (TPSA) is 84.3 Å². The van der Waals surface area contributed by atoms with E-state index >= 15 is 0 Å². The molecule has 7 nitrogen and oxygen atoms in total. The first-order valence-electron chi connectivity index (χ1n) is 7.68. The lowest BCUT2D eigenvalue weighted by molar-refractivity contribution is 0.0888. The van der Waals surface area contributed by atoms with Gasteiger partial charge < -0.3 is 5.32 Å². The van der Waals surface area contributed by atoms with Gasteiger partial charge in [-0.25, -0.2) is 8.42 Å². The smallest absolute Gasteiger partial charge is 0.269 e. The van der Waals surface area contributed by atoms with E-state index in [9.17, 15) is 13.2 Å².